The summed E-state index contributed by atoms with van der Waals surface area (Å²) in [5.74, 6) is -0.180. The summed E-state index contributed by atoms with van der Waals surface area (Å²) in [6, 6.07) is 4.75. The van der Waals surface area contributed by atoms with Gasteiger partial charge in [-0.2, -0.15) is 0 Å². The van der Waals surface area contributed by atoms with E-state index in [-0.39, 0.29) is 11.7 Å². The summed E-state index contributed by atoms with van der Waals surface area (Å²) in [5.41, 5.74) is 0.525. The van der Waals surface area contributed by atoms with Crippen molar-refractivity contribution < 1.29 is 9.18 Å². The van der Waals surface area contributed by atoms with E-state index in [1.54, 1.807) is 12.1 Å². The van der Waals surface area contributed by atoms with Crippen molar-refractivity contribution in [3.05, 3.63) is 34.1 Å². The quantitative estimate of drug-likeness (QED) is 0.759. The number of carbonyl (C=O) groups excluding carboxylic acids is 1. The Balaban J connectivity index is 2.36. The van der Waals surface area contributed by atoms with Gasteiger partial charge in [-0.25, -0.2) is 4.39 Å². The van der Waals surface area contributed by atoms with Crippen molar-refractivity contribution >= 4 is 22.2 Å². The third-order valence-electron chi connectivity index (χ3n) is 2.59. The van der Waals surface area contributed by atoms with Crippen molar-refractivity contribution in [2.75, 3.05) is 0 Å². The van der Waals surface area contributed by atoms with Gasteiger partial charge in [0.25, 0.3) is 0 Å². The molecule has 1 aliphatic rings. The van der Waals surface area contributed by atoms with Gasteiger partial charge in [-0.15, -0.1) is 0 Å². The first kappa shape index (κ1) is 9.84. The van der Waals surface area contributed by atoms with Crippen LogP contribution in [-0.4, -0.2) is 6.29 Å². The van der Waals surface area contributed by atoms with E-state index in [2.05, 4.69) is 15.9 Å². The number of aldehydes is 1. The Morgan fingerprint density at radius 1 is 1.50 bits per heavy atom. The van der Waals surface area contributed by atoms with Gasteiger partial charge in [0.1, 0.15) is 12.1 Å². The molecule has 1 aromatic carbocycles. The third kappa shape index (κ3) is 1.87. The van der Waals surface area contributed by atoms with E-state index in [0.29, 0.717) is 11.5 Å². The fourth-order valence-corrected chi connectivity index (χ4v) is 2.04. The predicted octanol–water partition coefficient (Wildman–Crippen LogP) is 3.28. The molecule has 1 aromatic rings. The lowest BCUT2D eigenvalue weighted by Crippen LogP contribution is -2.05. The molecule has 1 fully saturated rings. The Bertz CT molecular complexity index is 360. The molecule has 1 nitrogen and oxygen atoms in total. The van der Waals surface area contributed by atoms with Crippen LogP contribution >= 0.6 is 15.9 Å². The van der Waals surface area contributed by atoms with Crippen LogP contribution < -0.4 is 0 Å². The number of carbonyl (C=O) groups is 1. The highest BCUT2D eigenvalue weighted by Gasteiger charge is 2.33. The van der Waals surface area contributed by atoms with Crippen molar-refractivity contribution in [2.24, 2.45) is 5.92 Å². The first-order valence-electron chi connectivity index (χ1n) is 4.62. The van der Waals surface area contributed by atoms with E-state index in [1.807, 2.05) is 0 Å². The SMILES string of the molecule is O=C[C@H](c1cc(Br)ccc1F)C1CC1. The second kappa shape index (κ2) is 3.81. The third-order valence-corrected chi connectivity index (χ3v) is 3.09. The molecule has 2 rings (SSSR count). The molecule has 0 radical (unpaired) electrons. The van der Waals surface area contributed by atoms with Crippen LogP contribution in [0, 0.1) is 11.7 Å². The molecule has 0 saturated heterocycles. The molecular weight excluding hydrogens is 247 g/mol. The van der Waals surface area contributed by atoms with Gasteiger partial charge in [0.05, 0.1) is 0 Å². The largest absolute Gasteiger partial charge is 0.303 e. The van der Waals surface area contributed by atoms with Gasteiger partial charge in [-0.1, -0.05) is 15.9 Å². The lowest BCUT2D eigenvalue weighted by Gasteiger charge is -2.10. The Morgan fingerprint density at radius 2 is 2.21 bits per heavy atom. The molecule has 0 aromatic heterocycles. The average molecular weight is 257 g/mol. The van der Waals surface area contributed by atoms with Gasteiger partial charge < -0.3 is 4.79 Å². The molecule has 0 aliphatic heterocycles. The van der Waals surface area contributed by atoms with E-state index >= 15 is 0 Å². The van der Waals surface area contributed by atoms with Gasteiger partial charge in [0.2, 0.25) is 0 Å². The zero-order valence-corrected chi connectivity index (χ0v) is 9.13. The topological polar surface area (TPSA) is 17.1 Å². The highest BCUT2D eigenvalue weighted by molar-refractivity contribution is 9.10. The van der Waals surface area contributed by atoms with E-state index < -0.39 is 0 Å². The Morgan fingerprint density at radius 3 is 2.79 bits per heavy atom. The summed E-state index contributed by atoms with van der Waals surface area (Å²) < 4.78 is 14.2. The standard InChI is InChI=1S/C11H10BrFO/c12-8-3-4-11(13)9(5-8)10(6-14)7-1-2-7/h3-7,10H,1-2H2/t10-/m0/s1. The summed E-state index contributed by atoms with van der Waals surface area (Å²) in [6.45, 7) is 0. The van der Waals surface area contributed by atoms with Crippen molar-refractivity contribution in [3.8, 4) is 0 Å². The molecule has 74 valence electrons. The number of halogens is 2. The molecule has 0 bridgehead atoms. The summed E-state index contributed by atoms with van der Waals surface area (Å²) in [6.07, 6.45) is 2.94. The van der Waals surface area contributed by atoms with E-state index in [4.69, 9.17) is 0 Å². The van der Waals surface area contributed by atoms with Crippen molar-refractivity contribution in [3.63, 3.8) is 0 Å². The van der Waals surface area contributed by atoms with Gasteiger partial charge >= 0.3 is 0 Å². The molecule has 14 heavy (non-hydrogen) atoms. The van der Waals surface area contributed by atoms with Crippen LogP contribution in [-0.2, 0) is 4.79 Å². The van der Waals surface area contributed by atoms with Crippen LogP contribution in [0.3, 0.4) is 0 Å². The van der Waals surface area contributed by atoms with E-state index in [9.17, 15) is 9.18 Å². The number of rotatable bonds is 3. The summed E-state index contributed by atoms with van der Waals surface area (Å²) >= 11 is 3.28. The molecule has 1 aliphatic carbocycles. The highest BCUT2D eigenvalue weighted by Crippen LogP contribution is 2.42. The van der Waals surface area contributed by atoms with Crippen LogP contribution in [0.2, 0.25) is 0 Å². The summed E-state index contributed by atoms with van der Waals surface area (Å²) in [4.78, 5) is 10.9. The first-order valence-corrected chi connectivity index (χ1v) is 5.42. The first-order chi connectivity index (χ1) is 6.72. The molecule has 0 spiro atoms. The summed E-state index contributed by atoms with van der Waals surface area (Å²) in [5, 5.41) is 0. The highest BCUT2D eigenvalue weighted by atomic mass is 79.9. The minimum atomic E-state index is -0.280. The molecule has 0 unspecified atom stereocenters. The van der Waals surface area contributed by atoms with Gasteiger partial charge in [-0.05, 0) is 42.5 Å². The van der Waals surface area contributed by atoms with Crippen LogP contribution in [0.4, 0.5) is 4.39 Å². The minimum absolute atomic E-state index is 0.257. The fourth-order valence-electron chi connectivity index (χ4n) is 1.66. The number of hydrogen-bond donors (Lipinski definition) is 0. The predicted molar refractivity (Wildman–Crippen MR) is 55.6 cm³/mol. The fraction of sp³-hybridized carbons (Fsp3) is 0.364. The van der Waals surface area contributed by atoms with E-state index in [0.717, 1.165) is 23.6 Å². The average Bonchev–Trinajstić information content (AvgIpc) is 2.96. The van der Waals surface area contributed by atoms with Gasteiger partial charge in [0.15, 0.2) is 0 Å². The zero-order valence-electron chi connectivity index (χ0n) is 7.54. The maximum absolute atomic E-state index is 13.4. The number of benzene rings is 1. The molecule has 1 saturated carbocycles. The molecule has 1 atom stereocenters. The zero-order chi connectivity index (χ0) is 10.1. The van der Waals surface area contributed by atoms with Gasteiger partial charge in [-0.3, -0.25) is 0 Å². The molecular formula is C11H10BrFO. The van der Waals surface area contributed by atoms with Crippen LogP contribution in [0.5, 0.6) is 0 Å². The van der Waals surface area contributed by atoms with Crippen LogP contribution in [0.15, 0.2) is 22.7 Å². The van der Waals surface area contributed by atoms with Crippen molar-refractivity contribution in [1.29, 1.82) is 0 Å². The van der Waals surface area contributed by atoms with E-state index in [1.165, 1.54) is 6.07 Å². The van der Waals surface area contributed by atoms with Crippen LogP contribution in [0.25, 0.3) is 0 Å². The second-order valence-corrected chi connectivity index (χ2v) is 4.58. The maximum atomic E-state index is 13.4. The Labute approximate surface area is 90.4 Å². The molecule has 3 heteroatoms. The minimum Gasteiger partial charge on any atom is -0.303 e. The normalized spacial score (nSPS) is 17.9. The monoisotopic (exact) mass is 256 g/mol. The summed E-state index contributed by atoms with van der Waals surface area (Å²) in [7, 11) is 0. The molecule has 0 heterocycles. The Kier molecular flexibility index (Phi) is 2.68. The van der Waals surface area contributed by atoms with Crippen molar-refractivity contribution in [2.45, 2.75) is 18.8 Å². The Hall–Kier alpha value is -0.700. The number of hydrogen-bond acceptors (Lipinski definition) is 1. The lowest BCUT2D eigenvalue weighted by atomic mass is 9.95. The van der Waals surface area contributed by atoms with Crippen LogP contribution in [0.1, 0.15) is 24.3 Å². The smallest absolute Gasteiger partial charge is 0.127 e. The lowest BCUT2D eigenvalue weighted by molar-refractivity contribution is -0.109. The van der Waals surface area contributed by atoms with Gasteiger partial charge in [0, 0.05) is 10.4 Å². The molecule has 0 N–H and O–H groups in total. The second-order valence-electron chi connectivity index (χ2n) is 3.67. The molecule has 0 amide bonds. The van der Waals surface area contributed by atoms with Crippen molar-refractivity contribution in [1.82, 2.24) is 0 Å². The maximum Gasteiger partial charge on any atom is 0.127 e.